The number of hydrogen-bond acceptors (Lipinski definition) is 2. The summed E-state index contributed by atoms with van der Waals surface area (Å²) in [5.74, 6) is 0. The highest BCUT2D eigenvalue weighted by atomic mass is 15.2. The first-order valence-corrected chi connectivity index (χ1v) is 7.90. The molecule has 0 amide bonds. The molecule has 1 aliphatic rings. The maximum atomic E-state index is 3.93. The van der Waals surface area contributed by atoms with E-state index < -0.39 is 0 Å². The van der Waals surface area contributed by atoms with Gasteiger partial charge in [-0.2, -0.15) is 5.10 Å². The second-order valence-corrected chi connectivity index (χ2v) is 5.65. The van der Waals surface area contributed by atoms with E-state index in [1.54, 1.807) is 4.68 Å². The Bertz CT molecular complexity index is 297. The van der Waals surface area contributed by atoms with Crippen molar-refractivity contribution >= 4 is 0 Å². The summed E-state index contributed by atoms with van der Waals surface area (Å²) in [4.78, 5) is 2.64. The van der Waals surface area contributed by atoms with E-state index >= 15 is 0 Å². The van der Waals surface area contributed by atoms with Crippen molar-refractivity contribution in [2.75, 3.05) is 19.6 Å². The summed E-state index contributed by atoms with van der Waals surface area (Å²) >= 11 is 0. The predicted octanol–water partition coefficient (Wildman–Crippen LogP) is 3.78. The van der Waals surface area contributed by atoms with Gasteiger partial charge in [-0.15, -0.1) is 0 Å². The third kappa shape index (κ3) is 8.04. The zero-order chi connectivity index (χ0) is 13.9. The fourth-order valence-corrected chi connectivity index (χ4v) is 2.49. The number of likely N-dealkylation sites (tertiary alicyclic amines) is 1. The molecule has 0 aromatic carbocycles. The second kappa shape index (κ2) is 10.0. The Morgan fingerprint density at radius 3 is 2.32 bits per heavy atom. The SMILES string of the molecule is CCCCCCN1CCCCC1.Cc1cnn(C)c1. The molecule has 19 heavy (non-hydrogen) atoms. The average molecular weight is 265 g/mol. The van der Waals surface area contributed by atoms with Gasteiger partial charge in [-0.1, -0.05) is 32.6 Å². The lowest BCUT2D eigenvalue weighted by molar-refractivity contribution is 0.224. The Kier molecular flexibility index (Phi) is 8.55. The van der Waals surface area contributed by atoms with E-state index in [0.29, 0.717) is 0 Å². The molecule has 3 nitrogen and oxygen atoms in total. The highest BCUT2D eigenvalue weighted by molar-refractivity contribution is 4.98. The van der Waals surface area contributed by atoms with Crippen LogP contribution in [-0.2, 0) is 7.05 Å². The standard InChI is InChI=1S/C11H23N.C5H8N2/c1-2-3-4-6-9-12-10-7-5-8-11-12;1-5-3-6-7(2)4-5/h2-11H2,1H3;3-4H,1-2H3. The van der Waals surface area contributed by atoms with Crippen LogP contribution in [0.2, 0.25) is 0 Å². The van der Waals surface area contributed by atoms with E-state index in [-0.39, 0.29) is 0 Å². The van der Waals surface area contributed by atoms with Gasteiger partial charge >= 0.3 is 0 Å². The Morgan fingerprint density at radius 2 is 1.84 bits per heavy atom. The first-order valence-electron chi connectivity index (χ1n) is 7.90. The van der Waals surface area contributed by atoms with E-state index in [2.05, 4.69) is 16.9 Å². The van der Waals surface area contributed by atoms with Gasteiger partial charge in [0, 0.05) is 13.2 Å². The Balaban J connectivity index is 0.000000218. The van der Waals surface area contributed by atoms with Crippen LogP contribution in [0.15, 0.2) is 12.4 Å². The lowest BCUT2D eigenvalue weighted by atomic mass is 10.1. The van der Waals surface area contributed by atoms with E-state index in [9.17, 15) is 0 Å². The molecule has 1 aliphatic heterocycles. The molecule has 1 aromatic rings. The summed E-state index contributed by atoms with van der Waals surface area (Å²) in [7, 11) is 1.91. The first kappa shape index (κ1) is 16.2. The molecule has 0 bridgehead atoms. The average Bonchev–Trinajstić information content (AvgIpc) is 2.80. The molecular weight excluding hydrogens is 234 g/mol. The van der Waals surface area contributed by atoms with Crippen molar-refractivity contribution in [3.05, 3.63) is 18.0 Å². The third-order valence-corrected chi connectivity index (χ3v) is 3.61. The Labute approximate surface area is 119 Å². The quantitative estimate of drug-likeness (QED) is 0.755. The van der Waals surface area contributed by atoms with Crippen LogP contribution in [0.5, 0.6) is 0 Å². The number of rotatable bonds is 5. The number of piperidine rings is 1. The highest BCUT2D eigenvalue weighted by Crippen LogP contribution is 2.10. The number of unbranched alkanes of at least 4 members (excludes halogenated alkanes) is 3. The van der Waals surface area contributed by atoms with Crippen LogP contribution < -0.4 is 0 Å². The molecule has 3 heteroatoms. The maximum absolute atomic E-state index is 3.93. The first-order chi connectivity index (χ1) is 9.22. The number of nitrogens with zero attached hydrogens (tertiary/aromatic N) is 3. The maximum Gasteiger partial charge on any atom is 0.0518 e. The summed E-state index contributed by atoms with van der Waals surface area (Å²) in [6.07, 6.45) is 13.8. The molecule has 0 saturated carbocycles. The number of aryl methyl sites for hydroxylation is 2. The van der Waals surface area contributed by atoms with E-state index in [1.807, 2.05) is 26.4 Å². The largest absolute Gasteiger partial charge is 0.303 e. The minimum atomic E-state index is 1.21. The summed E-state index contributed by atoms with van der Waals surface area (Å²) in [5.41, 5.74) is 1.21. The van der Waals surface area contributed by atoms with Gasteiger partial charge in [-0.25, -0.2) is 0 Å². The van der Waals surface area contributed by atoms with E-state index in [4.69, 9.17) is 0 Å². The fourth-order valence-electron chi connectivity index (χ4n) is 2.49. The van der Waals surface area contributed by atoms with Crippen molar-refractivity contribution < 1.29 is 0 Å². The summed E-state index contributed by atoms with van der Waals surface area (Å²) in [6, 6.07) is 0. The van der Waals surface area contributed by atoms with Gasteiger partial charge in [0.25, 0.3) is 0 Å². The lowest BCUT2D eigenvalue weighted by Gasteiger charge is -2.26. The van der Waals surface area contributed by atoms with Crippen molar-refractivity contribution in [1.29, 1.82) is 0 Å². The van der Waals surface area contributed by atoms with Gasteiger partial charge in [-0.05, 0) is 51.4 Å². The molecule has 0 N–H and O–H groups in total. The molecule has 110 valence electrons. The second-order valence-electron chi connectivity index (χ2n) is 5.65. The molecule has 2 rings (SSSR count). The Hall–Kier alpha value is -0.830. The fraction of sp³-hybridized carbons (Fsp3) is 0.812. The molecule has 0 unspecified atom stereocenters. The van der Waals surface area contributed by atoms with Crippen LogP contribution in [0.4, 0.5) is 0 Å². The topological polar surface area (TPSA) is 21.1 Å². The van der Waals surface area contributed by atoms with Crippen molar-refractivity contribution in [1.82, 2.24) is 14.7 Å². The van der Waals surface area contributed by atoms with Gasteiger partial charge in [-0.3, -0.25) is 4.68 Å². The number of aromatic nitrogens is 2. The van der Waals surface area contributed by atoms with Crippen LogP contribution in [0, 0.1) is 6.92 Å². The normalized spacial score (nSPS) is 15.9. The van der Waals surface area contributed by atoms with Crippen LogP contribution in [0.1, 0.15) is 57.4 Å². The van der Waals surface area contributed by atoms with Crippen LogP contribution >= 0.6 is 0 Å². The van der Waals surface area contributed by atoms with Gasteiger partial charge < -0.3 is 4.90 Å². The molecular formula is C16H31N3. The van der Waals surface area contributed by atoms with Crippen LogP contribution in [0.3, 0.4) is 0 Å². The highest BCUT2D eigenvalue weighted by Gasteiger charge is 2.08. The van der Waals surface area contributed by atoms with Gasteiger partial charge in [0.15, 0.2) is 0 Å². The van der Waals surface area contributed by atoms with Crippen molar-refractivity contribution in [2.45, 2.75) is 58.8 Å². The molecule has 1 aromatic heterocycles. The predicted molar refractivity (Wildman–Crippen MR) is 82.4 cm³/mol. The van der Waals surface area contributed by atoms with Crippen molar-refractivity contribution in [3.8, 4) is 0 Å². The molecule has 0 atom stereocenters. The summed E-state index contributed by atoms with van der Waals surface area (Å²) in [6.45, 7) is 8.39. The monoisotopic (exact) mass is 265 g/mol. The zero-order valence-electron chi connectivity index (χ0n) is 13.1. The van der Waals surface area contributed by atoms with Crippen molar-refractivity contribution in [3.63, 3.8) is 0 Å². The minimum absolute atomic E-state index is 1.21. The Morgan fingerprint density at radius 1 is 1.11 bits per heavy atom. The molecule has 0 radical (unpaired) electrons. The van der Waals surface area contributed by atoms with E-state index in [0.717, 1.165) is 0 Å². The minimum Gasteiger partial charge on any atom is -0.303 e. The number of hydrogen-bond donors (Lipinski definition) is 0. The summed E-state index contributed by atoms with van der Waals surface area (Å²) < 4.78 is 1.79. The molecule has 1 saturated heterocycles. The molecule has 2 heterocycles. The lowest BCUT2D eigenvalue weighted by Crippen LogP contribution is -2.30. The van der Waals surface area contributed by atoms with Gasteiger partial charge in [0.1, 0.15) is 0 Å². The van der Waals surface area contributed by atoms with Crippen molar-refractivity contribution in [2.24, 2.45) is 7.05 Å². The molecule has 0 spiro atoms. The van der Waals surface area contributed by atoms with Gasteiger partial charge in [0.2, 0.25) is 0 Å². The third-order valence-electron chi connectivity index (χ3n) is 3.61. The van der Waals surface area contributed by atoms with Crippen LogP contribution in [0.25, 0.3) is 0 Å². The van der Waals surface area contributed by atoms with Gasteiger partial charge in [0.05, 0.1) is 6.20 Å². The molecule has 0 aliphatic carbocycles. The summed E-state index contributed by atoms with van der Waals surface area (Å²) in [5, 5.41) is 3.93. The molecule has 1 fully saturated rings. The van der Waals surface area contributed by atoms with E-state index in [1.165, 1.54) is 70.1 Å². The smallest absolute Gasteiger partial charge is 0.0518 e. The zero-order valence-corrected chi connectivity index (χ0v) is 13.1. The van der Waals surface area contributed by atoms with Crippen LogP contribution in [-0.4, -0.2) is 34.3 Å².